The number of Topliss-reactive ketones (excluding diaryl/α,β-unsaturated/α-hetero) is 1. The van der Waals surface area contributed by atoms with Gasteiger partial charge in [0.25, 0.3) is 0 Å². The van der Waals surface area contributed by atoms with Crippen LogP contribution >= 0.6 is 0 Å². The van der Waals surface area contributed by atoms with Crippen molar-refractivity contribution >= 4 is 5.78 Å². The van der Waals surface area contributed by atoms with Crippen molar-refractivity contribution < 1.29 is 9.90 Å². The summed E-state index contributed by atoms with van der Waals surface area (Å²) in [5.74, 6) is -0.0414. The van der Waals surface area contributed by atoms with Gasteiger partial charge in [-0.15, -0.1) is 0 Å². The summed E-state index contributed by atoms with van der Waals surface area (Å²) >= 11 is 0. The predicted octanol–water partition coefficient (Wildman–Crippen LogP) is 1.10. The summed E-state index contributed by atoms with van der Waals surface area (Å²) in [7, 11) is 1.70. The maximum Gasteiger partial charge on any atom is 0.180 e. The number of rotatable bonds is 3. The van der Waals surface area contributed by atoms with E-state index in [-0.39, 0.29) is 18.1 Å². The molecule has 0 atom stereocenters. The molecule has 3 nitrogen and oxygen atoms in total. The van der Waals surface area contributed by atoms with E-state index in [9.17, 15) is 9.90 Å². The molecule has 0 aliphatic carbocycles. The number of likely N-dealkylation sites (N-methyl/N-ethyl adjacent to an activating group) is 1. The van der Waals surface area contributed by atoms with Crippen molar-refractivity contribution in [2.75, 3.05) is 13.6 Å². The monoisotopic (exact) mass is 179 g/mol. The van der Waals surface area contributed by atoms with Gasteiger partial charge in [0.2, 0.25) is 0 Å². The van der Waals surface area contributed by atoms with Crippen LogP contribution in [0.15, 0.2) is 18.2 Å². The Morgan fingerprint density at radius 1 is 1.54 bits per heavy atom. The number of aromatic hydroxyl groups is 1. The van der Waals surface area contributed by atoms with Crippen LogP contribution in [0, 0.1) is 6.92 Å². The number of hydrogen-bond donors (Lipinski definition) is 2. The van der Waals surface area contributed by atoms with Crippen molar-refractivity contribution in [3.05, 3.63) is 29.3 Å². The number of phenolic OH excluding ortho intramolecular Hbond substituents is 1. The van der Waals surface area contributed by atoms with Gasteiger partial charge in [-0.05, 0) is 31.7 Å². The van der Waals surface area contributed by atoms with E-state index in [0.717, 1.165) is 5.56 Å². The van der Waals surface area contributed by atoms with Crippen LogP contribution in [0.25, 0.3) is 0 Å². The van der Waals surface area contributed by atoms with Crippen LogP contribution in [0.5, 0.6) is 5.75 Å². The Labute approximate surface area is 77.4 Å². The molecule has 70 valence electrons. The summed E-state index contributed by atoms with van der Waals surface area (Å²) in [6.07, 6.45) is 0. The maximum atomic E-state index is 11.4. The maximum absolute atomic E-state index is 11.4. The van der Waals surface area contributed by atoms with Gasteiger partial charge >= 0.3 is 0 Å². The molecule has 0 fully saturated rings. The van der Waals surface area contributed by atoms with E-state index in [1.54, 1.807) is 19.2 Å². The van der Waals surface area contributed by atoms with Crippen LogP contribution in [0.4, 0.5) is 0 Å². The van der Waals surface area contributed by atoms with E-state index in [0.29, 0.717) is 5.56 Å². The first-order chi connectivity index (χ1) is 6.15. The lowest BCUT2D eigenvalue weighted by molar-refractivity contribution is 0.0991. The summed E-state index contributed by atoms with van der Waals surface area (Å²) in [6, 6.07) is 5.04. The fraction of sp³-hybridized carbons (Fsp3) is 0.300. The first kappa shape index (κ1) is 9.74. The molecule has 0 aliphatic rings. The second kappa shape index (κ2) is 4.05. The topological polar surface area (TPSA) is 49.3 Å². The Bertz CT molecular complexity index is 321. The number of phenols is 1. The summed E-state index contributed by atoms with van der Waals surface area (Å²) in [5.41, 5.74) is 1.32. The molecule has 0 aromatic heterocycles. The highest BCUT2D eigenvalue weighted by Gasteiger charge is 2.09. The van der Waals surface area contributed by atoms with Crippen molar-refractivity contribution in [2.45, 2.75) is 6.92 Å². The van der Waals surface area contributed by atoms with Gasteiger partial charge in [0.1, 0.15) is 5.75 Å². The third-order valence-corrected chi connectivity index (χ3v) is 1.79. The summed E-state index contributed by atoms with van der Waals surface area (Å²) in [6.45, 7) is 2.11. The fourth-order valence-electron chi connectivity index (χ4n) is 1.13. The average molecular weight is 179 g/mol. The number of carbonyl (C=O) groups is 1. The molecule has 1 aromatic rings. The minimum atomic E-state index is -0.0972. The third kappa shape index (κ3) is 2.29. The number of ketones is 1. The fourth-order valence-corrected chi connectivity index (χ4v) is 1.13. The number of nitrogens with one attached hydrogen (secondary N) is 1. The molecule has 0 unspecified atom stereocenters. The van der Waals surface area contributed by atoms with Gasteiger partial charge < -0.3 is 10.4 Å². The van der Waals surface area contributed by atoms with E-state index < -0.39 is 0 Å². The standard InChI is InChI=1S/C10H13NO2/c1-7-3-4-8(9(12)5-7)10(13)6-11-2/h3-5,11-12H,6H2,1-2H3. The van der Waals surface area contributed by atoms with E-state index in [1.807, 2.05) is 13.0 Å². The predicted molar refractivity (Wildman–Crippen MR) is 51.1 cm³/mol. The first-order valence-corrected chi connectivity index (χ1v) is 4.12. The van der Waals surface area contributed by atoms with Crippen LogP contribution in [-0.4, -0.2) is 24.5 Å². The molecule has 1 rings (SSSR count). The van der Waals surface area contributed by atoms with Crippen molar-refractivity contribution in [3.63, 3.8) is 0 Å². The molecule has 2 N–H and O–H groups in total. The van der Waals surface area contributed by atoms with Gasteiger partial charge in [-0.3, -0.25) is 4.79 Å². The molecule has 0 bridgehead atoms. The van der Waals surface area contributed by atoms with Crippen molar-refractivity contribution in [1.29, 1.82) is 0 Å². The van der Waals surface area contributed by atoms with Gasteiger partial charge in [0.15, 0.2) is 5.78 Å². The number of aryl methyl sites for hydroxylation is 1. The zero-order chi connectivity index (χ0) is 9.84. The van der Waals surface area contributed by atoms with Gasteiger partial charge in [-0.2, -0.15) is 0 Å². The van der Waals surface area contributed by atoms with Crippen molar-refractivity contribution in [2.24, 2.45) is 0 Å². The van der Waals surface area contributed by atoms with E-state index in [4.69, 9.17) is 0 Å². The summed E-state index contributed by atoms with van der Waals surface area (Å²) < 4.78 is 0. The largest absolute Gasteiger partial charge is 0.507 e. The van der Waals surface area contributed by atoms with Crippen LogP contribution in [0.1, 0.15) is 15.9 Å². The van der Waals surface area contributed by atoms with Crippen molar-refractivity contribution in [1.82, 2.24) is 5.32 Å². The Kier molecular flexibility index (Phi) is 3.03. The van der Waals surface area contributed by atoms with Crippen LogP contribution in [0.2, 0.25) is 0 Å². The Hall–Kier alpha value is -1.35. The average Bonchev–Trinajstić information content (AvgIpc) is 2.04. The highest BCUT2D eigenvalue weighted by atomic mass is 16.3. The quantitative estimate of drug-likeness (QED) is 0.683. The van der Waals surface area contributed by atoms with E-state index in [1.165, 1.54) is 0 Å². The number of carbonyl (C=O) groups excluding carboxylic acids is 1. The Morgan fingerprint density at radius 2 is 2.23 bits per heavy atom. The molecule has 1 aromatic carbocycles. The molecular formula is C10H13NO2. The molecule has 13 heavy (non-hydrogen) atoms. The highest BCUT2D eigenvalue weighted by molar-refractivity contribution is 6.00. The minimum Gasteiger partial charge on any atom is -0.507 e. The number of benzene rings is 1. The SMILES string of the molecule is CNCC(=O)c1ccc(C)cc1O. The molecule has 3 heteroatoms. The molecule has 0 spiro atoms. The van der Waals surface area contributed by atoms with Crippen LogP contribution in [-0.2, 0) is 0 Å². The molecule has 0 amide bonds. The zero-order valence-electron chi connectivity index (χ0n) is 7.79. The van der Waals surface area contributed by atoms with Gasteiger partial charge in [-0.1, -0.05) is 6.07 Å². The molecule has 0 saturated heterocycles. The van der Waals surface area contributed by atoms with E-state index in [2.05, 4.69) is 5.32 Å². The molecule has 0 saturated carbocycles. The molecular weight excluding hydrogens is 166 g/mol. The van der Waals surface area contributed by atoms with Crippen LogP contribution in [0.3, 0.4) is 0 Å². The highest BCUT2D eigenvalue weighted by Crippen LogP contribution is 2.18. The molecule has 0 aliphatic heterocycles. The summed E-state index contributed by atoms with van der Waals surface area (Å²) in [5, 5.41) is 12.2. The normalized spacial score (nSPS) is 10.0. The second-order valence-electron chi connectivity index (χ2n) is 2.97. The van der Waals surface area contributed by atoms with Gasteiger partial charge in [0, 0.05) is 0 Å². The Morgan fingerprint density at radius 3 is 2.77 bits per heavy atom. The van der Waals surface area contributed by atoms with Gasteiger partial charge in [0.05, 0.1) is 12.1 Å². The molecule has 0 radical (unpaired) electrons. The smallest absolute Gasteiger partial charge is 0.180 e. The Balaban J connectivity index is 2.95. The lowest BCUT2D eigenvalue weighted by Gasteiger charge is -2.03. The number of hydrogen-bond acceptors (Lipinski definition) is 3. The lowest BCUT2D eigenvalue weighted by atomic mass is 10.1. The van der Waals surface area contributed by atoms with Crippen molar-refractivity contribution in [3.8, 4) is 5.75 Å². The molecule has 0 heterocycles. The first-order valence-electron chi connectivity index (χ1n) is 4.12. The zero-order valence-corrected chi connectivity index (χ0v) is 7.79. The van der Waals surface area contributed by atoms with Gasteiger partial charge in [-0.25, -0.2) is 0 Å². The summed E-state index contributed by atoms with van der Waals surface area (Å²) in [4.78, 5) is 11.4. The minimum absolute atomic E-state index is 0.0558. The van der Waals surface area contributed by atoms with E-state index >= 15 is 0 Å². The second-order valence-corrected chi connectivity index (χ2v) is 2.97. The third-order valence-electron chi connectivity index (χ3n) is 1.79. The van der Waals surface area contributed by atoms with Crippen LogP contribution < -0.4 is 5.32 Å². The lowest BCUT2D eigenvalue weighted by Crippen LogP contribution is -2.18.